The summed E-state index contributed by atoms with van der Waals surface area (Å²) < 4.78 is 26.9. The monoisotopic (exact) mass is 287 g/mol. The zero-order chi connectivity index (χ0) is 14.7. The summed E-state index contributed by atoms with van der Waals surface area (Å²) in [5.74, 6) is -0.780. The molecular formula is C18H19F2N. The minimum Gasteiger partial charge on any atom is -0.313 e. The van der Waals surface area contributed by atoms with Gasteiger partial charge < -0.3 is 5.32 Å². The Morgan fingerprint density at radius 3 is 2.48 bits per heavy atom. The molecule has 3 rings (SSSR count). The van der Waals surface area contributed by atoms with Gasteiger partial charge in [0.25, 0.3) is 0 Å². The Hall–Kier alpha value is -1.74. The fraction of sp³-hybridized carbons (Fsp3) is 0.333. The molecule has 2 aromatic carbocycles. The molecule has 1 N–H and O–H groups in total. The van der Waals surface area contributed by atoms with Gasteiger partial charge in [0.15, 0.2) is 0 Å². The standard InChI is InChI=1S/C18H19F2N/c19-16-7-6-14(18(20)11-16)10-15(12-21-17-8-9-17)13-4-2-1-3-5-13/h1-7,11,15,17,21H,8-10,12H2. The third-order valence-electron chi connectivity index (χ3n) is 3.98. The SMILES string of the molecule is Fc1ccc(CC(CNC2CC2)c2ccccc2)c(F)c1. The topological polar surface area (TPSA) is 12.0 Å². The maximum atomic E-state index is 13.9. The first kappa shape index (κ1) is 14.2. The summed E-state index contributed by atoms with van der Waals surface area (Å²) in [7, 11) is 0. The van der Waals surface area contributed by atoms with Crippen molar-refractivity contribution < 1.29 is 8.78 Å². The van der Waals surface area contributed by atoms with Crippen LogP contribution in [0.25, 0.3) is 0 Å². The van der Waals surface area contributed by atoms with Crippen LogP contribution in [0.1, 0.15) is 29.9 Å². The predicted molar refractivity (Wildman–Crippen MR) is 80.3 cm³/mol. The lowest BCUT2D eigenvalue weighted by atomic mass is 9.91. The highest BCUT2D eigenvalue weighted by molar-refractivity contribution is 5.26. The van der Waals surface area contributed by atoms with Crippen LogP contribution in [0.2, 0.25) is 0 Å². The minimum atomic E-state index is -0.524. The van der Waals surface area contributed by atoms with Crippen molar-refractivity contribution >= 4 is 0 Å². The first-order chi connectivity index (χ1) is 10.2. The summed E-state index contributed by atoms with van der Waals surface area (Å²) in [6.45, 7) is 0.825. The summed E-state index contributed by atoms with van der Waals surface area (Å²) in [5.41, 5.74) is 1.76. The van der Waals surface area contributed by atoms with E-state index < -0.39 is 11.6 Å². The summed E-state index contributed by atoms with van der Waals surface area (Å²) in [6.07, 6.45) is 3.04. The Balaban J connectivity index is 1.77. The highest BCUT2D eigenvalue weighted by atomic mass is 19.1. The van der Waals surface area contributed by atoms with Crippen LogP contribution in [0.4, 0.5) is 8.78 Å². The molecule has 1 atom stereocenters. The lowest BCUT2D eigenvalue weighted by molar-refractivity contribution is 0.541. The molecular weight excluding hydrogens is 268 g/mol. The molecule has 0 amide bonds. The number of hydrogen-bond acceptors (Lipinski definition) is 1. The number of rotatable bonds is 6. The molecule has 1 fully saturated rings. The number of halogens is 2. The van der Waals surface area contributed by atoms with Gasteiger partial charge in [0, 0.05) is 24.6 Å². The van der Waals surface area contributed by atoms with Gasteiger partial charge in [-0.1, -0.05) is 36.4 Å². The van der Waals surface area contributed by atoms with E-state index in [1.165, 1.54) is 24.5 Å². The molecule has 0 spiro atoms. The fourth-order valence-electron chi connectivity index (χ4n) is 2.58. The molecule has 0 heterocycles. The summed E-state index contributed by atoms with van der Waals surface area (Å²) in [4.78, 5) is 0. The van der Waals surface area contributed by atoms with E-state index in [-0.39, 0.29) is 5.92 Å². The Kier molecular flexibility index (Phi) is 4.30. The normalized spacial score (nSPS) is 15.9. The summed E-state index contributed by atoms with van der Waals surface area (Å²) in [5, 5.41) is 3.51. The van der Waals surface area contributed by atoms with Crippen molar-refractivity contribution in [3.05, 3.63) is 71.3 Å². The largest absolute Gasteiger partial charge is 0.313 e. The molecule has 0 bridgehead atoms. The average Bonchev–Trinajstić information content (AvgIpc) is 3.31. The van der Waals surface area contributed by atoms with Gasteiger partial charge in [-0.2, -0.15) is 0 Å². The molecule has 0 radical (unpaired) electrons. The quantitative estimate of drug-likeness (QED) is 0.845. The number of nitrogens with one attached hydrogen (secondary N) is 1. The van der Waals surface area contributed by atoms with E-state index in [9.17, 15) is 8.78 Å². The van der Waals surface area contributed by atoms with Crippen molar-refractivity contribution in [3.8, 4) is 0 Å². The molecule has 1 nitrogen and oxygen atoms in total. The third kappa shape index (κ3) is 3.88. The van der Waals surface area contributed by atoms with Crippen LogP contribution in [0.5, 0.6) is 0 Å². The fourth-order valence-corrected chi connectivity index (χ4v) is 2.58. The van der Waals surface area contributed by atoms with E-state index in [1.54, 1.807) is 6.07 Å². The Morgan fingerprint density at radius 1 is 1.05 bits per heavy atom. The van der Waals surface area contributed by atoms with Gasteiger partial charge >= 0.3 is 0 Å². The van der Waals surface area contributed by atoms with Crippen molar-refractivity contribution in [2.75, 3.05) is 6.54 Å². The van der Waals surface area contributed by atoms with Gasteiger partial charge in [-0.3, -0.25) is 0 Å². The third-order valence-corrected chi connectivity index (χ3v) is 3.98. The minimum absolute atomic E-state index is 0.201. The lowest BCUT2D eigenvalue weighted by Gasteiger charge is -2.18. The zero-order valence-corrected chi connectivity index (χ0v) is 11.9. The van der Waals surface area contributed by atoms with Crippen molar-refractivity contribution in [2.24, 2.45) is 0 Å². The van der Waals surface area contributed by atoms with Gasteiger partial charge in [0.1, 0.15) is 11.6 Å². The van der Waals surface area contributed by atoms with E-state index in [0.717, 1.165) is 12.6 Å². The first-order valence-corrected chi connectivity index (χ1v) is 7.44. The van der Waals surface area contributed by atoms with Crippen molar-refractivity contribution in [1.29, 1.82) is 0 Å². The predicted octanol–water partition coefficient (Wildman–Crippen LogP) is 4.04. The first-order valence-electron chi connectivity index (χ1n) is 7.44. The van der Waals surface area contributed by atoms with Gasteiger partial charge in [0.2, 0.25) is 0 Å². The maximum absolute atomic E-state index is 13.9. The van der Waals surface area contributed by atoms with Gasteiger partial charge in [-0.25, -0.2) is 8.78 Å². The van der Waals surface area contributed by atoms with Crippen LogP contribution in [0.15, 0.2) is 48.5 Å². The second kappa shape index (κ2) is 6.35. The smallest absolute Gasteiger partial charge is 0.129 e. The Morgan fingerprint density at radius 2 is 1.81 bits per heavy atom. The summed E-state index contributed by atoms with van der Waals surface area (Å²) >= 11 is 0. The lowest BCUT2D eigenvalue weighted by Crippen LogP contribution is -2.25. The average molecular weight is 287 g/mol. The molecule has 110 valence electrons. The molecule has 2 aromatic rings. The second-order valence-corrected chi connectivity index (χ2v) is 5.73. The summed E-state index contributed by atoms with van der Waals surface area (Å²) in [6, 6.07) is 14.6. The zero-order valence-electron chi connectivity index (χ0n) is 11.9. The van der Waals surface area contributed by atoms with Crippen LogP contribution in [-0.4, -0.2) is 12.6 Å². The van der Waals surface area contributed by atoms with Crippen LogP contribution in [-0.2, 0) is 6.42 Å². The molecule has 0 saturated heterocycles. The van der Waals surface area contributed by atoms with E-state index >= 15 is 0 Å². The van der Waals surface area contributed by atoms with E-state index in [4.69, 9.17) is 0 Å². The van der Waals surface area contributed by atoms with E-state index in [0.29, 0.717) is 18.0 Å². The van der Waals surface area contributed by atoms with Gasteiger partial charge in [-0.15, -0.1) is 0 Å². The van der Waals surface area contributed by atoms with Crippen LogP contribution >= 0.6 is 0 Å². The van der Waals surface area contributed by atoms with Gasteiger partial charge in [-0.05, 0) is 36.5 Å². The molecule has 1 unspecified atom stereocenters. The van der Waals surface area contributed by atoms with Crippen molar-refractivity contribution in [3.63, 3.8) is 0 Å². The molecule has 21 heavy (non-hydrogen) atoms. The molecule has 3 heteroatoms. The number of benzene rings is 2. The second-order valence-electron chi connectivity index (χ2n) is 5.73. The molecule has 1 saturated carbocycles. The van der Waals surface area contributed by atoms with Crippen LogP contribution in [0, 0.1) is 11.6 Å². The molecule has 0 aliphatic heterocycles. The van der Waals surface area contributed by atoms with Crippen LogP contribution in [0.3, 0.4) is 0 Å². The molecule has 1 aliphatic carbocycles. The maximum Gasteiger partial charge on any atom is 0.129 e. The highest BCUT2D eigenvalue weighted by Gasteiger charge is 2.23. The number of hydrogen-bond donors (Lipinski definition) is 1. The van der Waals surface area contributed by atoms with Crippen molar-refractivity contribution in [2.45, 2.75) is 31.2 Å². The Bertz CT molecular complexity index is 593. The Labute approximate surface area is 124 Å². The molecule has 1 aliphatic rings. The van der Waals surface area contributed by atoms with E-state index in [1.807, 2.05) is 18.2 Å². The molecule has 0 aromatic heterocycles. The highest BCUT2D eigenvalue weighted by Crippen LogP contribution is 2.25. The van der Waals surface area contributed by atoms with E-state index in [2.05, 4.69) is 17.4 Å². The van der Waals surface area contributed by atoms with Gasteiger partial charge in [0.05, 0.1) is 0 Å². The van der Waals surface area contributed by atoms with Crippen LogP contribution < -0.4 is 5.32 Å². The van der Waals surface area contributed by atoms with Crippen molar-refractivity contribution in [1.82, 2.24) is 5.32 Å².